The fraction of sp³-hybridized carbons (Fsp3) is 0.308. The second-order valence-electron chi connectivity index (χ2n) is 4.50. The topological polar surface area (TPSA) is 37.3 Å². The third-order valence-electron chi connectivity index (χ3n) is 2.66. The molecule has 0 aliphatic heterocycles. The van der Waals surface area contributed by atoms with Crippen molar-refractivity contribution in [2.75, 3.05) is 0 Å². The second-order valence-corrected chi connectivity index (χ2v) is 5.41. The highest BCUT2D eigenvalue weighted by Crippen LogP contribution is 2.32. The summed E-state index contributed by atoms with van der Waals surface area (Å²) in [6.07, 6.45) is 2.37. The Morgan fingerprint density at radius 1 is 1.38 bits per heavy atom. The summed E-state index contributed by atoms with van der Waals surface area (Å²) in [5, 5.41) is 9.97. The Balaban J connectivity index is 2.38. The third kappa shape index (κ3) is 2.60. The molecule has 0 radical (unpaired) electrons. The minimum atomic E-state index is -0.913. The minimum Gasteiger partial charge on any atom is -0.389 e. The van der Waals surface area contributed by atoms with Crippen LogP contribution in [0.2, 0.25) is 0 Å². The maximum absolute atomic E-state index is 11.5. The molecule has 1 N–H and O–H groups in total. The van der Waals surface area contributed by atoms with Gasteiger partial charge in [0.2, 0.25) is 0 Å². The summed E-state index contributed by atoms with van der Waals surface area (Å²) in [4.78, 5) is 11.5. The molecule has 16 heavy (non-hydrogen) atoms. The number of carbonyl (C=O) groups is 1. The van der Waals surface area contributed by atoms with E-state index in [1.165, 1.54) is 0 Å². The average molecular weight is 281 g/mol. The zero-order chi connectivity index (χ0) is 11.8. The summed E-state index contributed by atoms with van der Waals surface area (Å²) in [5.74, 6) is -0.00812. The van der Waals surface area contributed by atoms with E-state index in [1.807, 2.05) is 24.3 Å². The van der Waals surface area contributed by atoms with Gasteiger partial charge in [-0.3, -0.25) is 4.79 Å². The molecule has 0 heterocycles. The van der Waals surface area contributed by atoms with Crippen molar-refractivity contribution < 1.29 is 9.90 Å². The zero-order valence-electron chi connectivity index (χ0n) is 9.03. The summed E-state index contributed by atoms with van der Waals surface area (Å²) in [5.41, 5.74) is 0.981. The SMILES string of the molecule is CC1(O)CC(=O)C=C(c2cccc(Br)c2)C1. The monoisotopic (exact) mass is 280 g/mol. The smallest absolute Gasteiger partial charge is 0.158 e. The van der Waals surface area contributed by atoms with Gasteiger partial charge in [0.15, 0.2) is 5.78 Å². The number of hydrogen-bond donors (Lipinski definition) is 1. The Bertz CT molecular complexity index is 461. The van der Waals surface area contributed by atoms with E-state index in [2.05, 4.69) is 15.9 Å². The number of carbonyl (C=O) groups excluding carboxylic acids is 1. The predicted molar refractivity (Wildman–Crippen MR) is 67.0 cm³/mol. The summed E-state index contributed by atoms with van der Waals surface area (Å²) < 4.78 is 0.976. The summed E-state index contributed by atoms with van der Waals surface area (Å²) in [6.45, 7) is 1.70. The van der Waals surface area contributed by atoms with Crippen molar-refractivity contribution in [3.8, 4) is 0 Å². The lowest BCUT2D eigenvalue weighted by molar-refractivity contribution is -0.119. The van der Waals surface area contributed by atoms with E-state index < -0.39 is 5.60 Å². The van der Waals surface area contributed by atoms with Gasteiger partial charge in [-0.05, 0) is 36.3 Å². The van der Waals surface area contributed by atoms with Gasteiger partial charge in [0, 0.05) is 17.3 Å². The molecule has 1 unspecified atom stereocenters. The largest absolute Gasteiger partial charge is 0.389 e. The van der Waals surface area contributed by atoms with E-state index in [9.17, 15) is 9.90 Å². The van der Waals surface area contributed by atoms with E-state index >= 15 is 0 Å². The van der Waals surface area contributed by atoms with Crippen LogP contribution in [0.4, 0.5) is 0 Å². The first-order valence-corrected chi connectivity index (χ1v) is 5.97. The number of halogens is 1. The molecule has 1 aliphatic rings. The quantitative estimate of drug-likeness (QED) is 0.859. The zero-order valence-corrected chi connectivity index (χ0v) is 10.6. The predicted octanol–water partition coefficient (Wildman–Crippen LogP) is 2.95. The first-order chi connectivity index (χ1) is 7.46. The molecule has 0 saturated carbocycles. The molecule has 1 aliphatic carbocycles. The molecule has 3 heteroatoms. The molecule has 1 aromatic rings. The van der Waals surface area contributed by atoms with Gasteiger partial charge in [-0.1, -0.05) is 28.1 Å². The molecule has 2 rings (SSSR count). The lowest BCUT2D eigenvalue weighted by Gasteiger charge is -2.27. The van der Waals surface area contributed by atoms with Crippen molar-refractivity contribution >= 4 is 27.3 Å². The Morgan fingerprint density at radius 2 is 2.12 bits per heavy atom. The van der Waals surface area contributed by atoms with Crippen LogP contribution in [-0.4, -0.2) is 16.5 Å². The van der Waals surface area contributed by atoms with Gasteiger partial charge in [-0.25, -0.2) is 0 Å². The maximum atomic E-state index is 11.5. The van der Waals surface area contributed by atoms with Crippen molar-refractivity contribution in [3.63, 3.8) is 0 Å². The highest BCUT2D eigenvalue weighted by molar-refractivity contribution is 9.10. The summed E-state index contributed by atoms with van der Waals surface area (Å²) in [6, 6.07) is 7.77. The van der Waals surface area contributed by atoms with Gasteiger partial charge < -0.3 is 5.11 Å². The Kier molecular flexibility index (Phi) is 3.00. The number of benzene rings is 1. The number of ketones is 1. The molecular formula is C13H13BrO2. The fourth-order valence-electron chi connectivity index (χ4n) is 2.02. The summed E-state index contributed by atoms with van der Waals surface area (Å²) in [7, 11) is 0. The Morgan fingerprint density at radius 3 is 2.75 bits per heavy atom. The molecule has 0 amide bonds. The molecule has 0 fully saturated rings. The normalized spacial score (nSPS) is 25.4. The van der Waals surface area contributed by atoms with Crippen molar-refractivity contribution in [1.82, 2.24) is 0 Å². The van der Waals surface area contributed by atoms with Crippen molar-refractivity contribution in [2.45, 2.75) is 25.4 Å². The van der Waals surface area contributed by atoms with Crippen LogP contribution >= 0.6 is 15.9 Å². The molecule has 0 aromatic heterocycles. The van der Waals surface area contributed by atoms with Gasteiger partial charge in [-0.2, -0.15) is 0 Å². The number of rotatable bonds is 1. The number of aliphatic hydroxyl groups is 1. The first kappa shape index (κ1) is 11.6. The average Bonchev–Trinajstić information content (AvgIpc) is 2.14. The molecule has 1 atom stereocenters. The molecule has 1 aromatic carbocycles. The van der Waals surface area contributed by atoms with E-state index in [-0.39, 0.29) is 12.2 Å². The highest BCUT2D eigenvalue weighted by Gasteiger charge is 2.29. The fourth-order valence-corrected chi connectivity index (χ4v) is 2.42. The van der Waals surface area contributed by atoms with Crippen molar-refractivity contribution in [2.24, 2.45) is 0 Å². The Labute approximate surface area is 103 Å². The highest BCUT2D eigenvalue weighted by atomic mass is 79.9. The van der Waals surface area contributed by atoms with Crippen LogP contribution in [0.25, 0.3) is 5.57 Å². The number of allylic oxidation sites excluding steroid dienone is 1. The standard InChI is InChI=1S/C13H13BrO2/c1-13(16)7-10(6-12(15)8-13)9-3-2-4-11(14)5-9/h2-6,16H,7-8H2,1H3. The molecular weight excluding hydrogens is 268 g/mol. The van der Waals surface area contributed by atoms with Crippen molar-refractivity contribution in [1.29, 1.82) is 0 Å². The van der Waals surface area contributed by atoms with Crippen LogP contribution in [-0.2, 0) is 4.79 Å². The van der Waals surface area contributed by atoms with Gasteiger partial charge in [0.25, 0.3) is 0 Å². The molecule has 0 spiro atoms. The Hall–Kier alpha value is -0.930. The summed E-state index contributed by atoms with van der Waals surface area (Å²) >= 11 is 3.40. The molecule has 0 saturated heterocycles. The van der Waals surface area contributed by atoms with Crippen LogP contribution in [0.3, 0.4) is 0 Å². The number of hydrogen-bond acceptors (Lipinski definition) is 2. The molecule has 84 valence electrons. The minimum absolute atomic E-state index is 0.00812. The van der Waals surface area contributed by atoms with Gasteiger partial charge >= 0.3 is 0 Å². The van der Waals surface area contributed by atoms with Crippen LogP contribution in [0.1, 0.15) is 25.3 Å². The van der Waals surface area contributed by atoms with Crippen LogP contribution in [0.15, 0.2) is 34.8 Å². The lowest BCUT2D eigenvalue weighted by Crippen LogP contribution is -2.30. The molecule has 0 bridgehead atoms. The van der Waals surface area contributed by atoms with E-state index in [0.29, 0.717) is 6.42 Å². The van der Waals surface area contributed by atoms with Gasteiger partial charge in [0.05, 0.1) is 5.60 Å². The second kappa shape index (κ2) is 4.15. The van der Waals surface area contributed by atoms with Crippen molar-refractivity contribution in [3.05, 3.63) is 40.4 Å². The lowest BCUT2D eigenvalue weighted by atomic mass is 9.83. The van der Waals surface area contributed by atoms with Gasteiger partial charge in [0.1, 0.15) is 0 Å². The van der Waals surface area contributed by atoms with E-state index in [0.717, 1.165) is 15.6 Å². The van der Waals surface area contributed by atoms with E-state index in [4.69, 9.17) is 0 Å². The molecule has 2 nitrogen and oxygen atoms in total. The van der Waals surface area contributed by atoms with Gasteiger partial charge in [-0.15, -0.1) is 0 Å². The maximum Gasteiger partial charge on any atom is 0.158 e. The third-order valence-corrected chi connectivity index (χ3v) is 3.15. The van der Waals surface area contributed by atoms with E-state index in [1.54, 1.807) is 13.0 Å². The first-order valence-electron chi connectivity index (χ1n) is 5.18. The van der Waals surface area contributed by atoms with Crippen LogP contribution in [0, 0.1) is 0 Å². The van der Waals surface area contributed by atoms with Crippen LogP contribution in [0.5, 0.6) is 0 Å². The van der Waals surface area contributed by atoms with Crippen LogP contribution < -0.4 is 0 Å².